The van der Waals surface area contributed by atoms with Crippen molar-refractivity contribution in [2.45, 2.75) is 64.7 Å². The maximum atomic E-state index is 11.5. The lowest BCUT2D eigenvalue weighted by molar-refractivity contribution is -0.144. The van der Waals surface area contributed by atoms with Crippen LogP contribution in [-0.4, -0.2) is 54.8 Å². The molecule has 1 amide bonds. The highest BCUT2D eigenvalue weighted by molar-refractivity contribution is 5.69. The zero-order valence-corrected chi connectivity index (χ0v) is 14.9. The lowest BCUT2D eigenvalue weighted by Crippen LogP contribution is -2.28. The quantitative estimate of drug-likeness (QED) is 0.384. The fourth-order valence-electron chi connectivity index (χ4n) is 2.06. The second-order valence-corrected chi connectivity index (χ2v) is 5.77. The van der Waals surface area contributed by atoms with Gasteiger partial charge >= 0.3 is 18.0 Å². The van der Waals surface area contributed by atoms with E-state index in [0.717, 1.165) is 25.7 Å². The first-order chi connectivity index (χ1) is 11.5. The van der Waals surface area contributed by atoms with Crippen LogP contribution in [0.5, 0.6) is 0 Å². The van der Waals surface area contributed by atoms with Gasteiger partial charge in [0.2, 0.25) is 0 Å². The van der Waals surface area contributed by atoms with E-state index in [0.29, 0.717) is 45.4 Å². The van der Waals surface area contributed by atoms with Gasteiger partial charge in [0, 0.05) is 26.4 Å². The van der Waals surface area contributed by atoms with Gasteiger partial charge in [0.1, 0.15) is 0 Å². The molecule has 1 N–H and O–H groups in total. The normalized spacial score (nSPS) is 10.2. The zero-order chi connectivity index (χ0) is 18.2. The molecule has 0 fully saturated rings. The number of rotatable bonds is 14. The minimum Gasteiger partial charge on any atom is -0.481 e. The number of hydrogen-bond acceptors (Lipinski definition) is 5. The van der Waals surface area contributed by atoms with Gasteiger partial charge in [0.25, 0.3) is 0 Å². The third-order valence-corrected chi connectivity index (χ3v) is 3.42. The molecular weight excluding hydrogens is 314 g/mol. The van der Waals surface area contributed by atoms with Crippen LogP contribution in [0.4, 0.5) is 4.79 Å². The number of aliphatic carboxylic acids is 1. The van der Waals surface area contributed by atoms with Crippen LogP contribution in [0.15, 0.2) is 0 Å². The van der Waals surface area contributed by atoms with Crippen molar-refractivity contribution in [2.24, 2.45) is 0 Å². The van der Waals surface area contributed by atoms with Gasteiger partial charge < -0.3 is 19.5 Å². The van der Waals surface area contributed by atoms with Crippen LogP contribution < -0.4 is 0 Å². The average Bonchev–Trinajstić information content (AvgIpc) is 2.53. The van der Waals surface area contributed by atoms with E-state index in [1.54, 1.807) is 11.9 Å². The van der Waals surface area contributed by atoms with E-state index >= 15 is 0 Å². The summed E-state index contributed by atoms with van der Waals surface area (Å²) in [5.41, 5.74) is 0. The Morgan fingerprint density at radius 2 is 1.46 bits per heavy atom. The van der Waals surface area contributed by atoms with Gasteiger partial charge in [-0.25, -0.2) is 4.79 Å². The Labute approximate surface area is 144 Å². The Morgan fingerprint density at radius 1 is 0.875 bits per heavy atom. The van der Waals surface area contributed by atoms with Crippen molar-refractivity contribution in [1.29, 1.82) is 0 Å². The van der Waals surface area contributed by atoms with Crippen LogP contribution in [0.1, 0.15) is 64.7 Å². The molecule has 0 aromatic heterocycles. The summed E-state index contributed by atoms with van der Waals surface area (Å²) in [6, 6.07) is 0. The first-order valence-corrected chi connectivity index (χ1v) is 8.72. The highest BCUT2D eigenvalue weighted by Crippen LogP contribution is 2.05. The van der Waals surface area contributed by atoms with E-state index < -0.39 is 5.97 Å². The van der Waals surface area contributed by atoms with Crippen molar-refractivity contribution in [1.82, 2.24) is 4.90 Å². The third kappa shape index (κ3) is 13.8. The summed E-state index contributed by atoms with van der Waals surface area (Å²) >= 11 is 0. The Bertz CT molecular complexity index is 372. The number of esters is 1. The Balaban J connectivity index is 3.40. The zero-order valence-electron chi connectivity index (χ0n) is 14.9. The number of carbonyl (C=O) groups is 3. The van der Waals surface area contributed by atoms with E-state index in [4.69, 9.17) is 14.6 Å². The molecule has 7 nitrogen and oxygen atoms in total. The molecule has 0 heterocycles. The standard InChI is InChI=1S/C17H31NO6/c1-3-12-18(2)17(22)24-14-9-5-7-11-16(21)23-13-8-4-6-10-15(19)20/h3-14H2,1-2H3,(H,19,20). The summed E-state index contributed by atoms with van der Waals surface area (Å²) in [7, 11) is 1.71. The minimum absolute atomic E-state index is 0.159. The third-order valence-electron chi connectivity index (χ3n) is 3.42. The van der Waals surface area contributed by atoms with Crippen LogP contribution >= 0.6 is 0 Å². The molecule has 0 bridgehead atoms. The number of amides is 1. The summed E-state index contributed by atoms with van der Waals surface area (Å²) in [5, 5.41) is 8.48. The number of ether oxygens (including phenoxy) is 2. The molecule has 24 heavy (non-hydrogen) atoms. The number of hydrogen-bond donors (Lipinski definition) is 1. The van der Waals surface area contributed by atoms with Crippen molar-refractivity contribution in [3.05, 3.63) is 0 Å². The summed E-state index contributed by atoms with van der Waals surface area (Å²) in [5.74, 6) is -1.03. The minimum atomic E-state index is -0.797. The van der Waals surface area contributed by atoms with Crippen molar-refractivity contribution in [3.8, 4) is 0 Å². The predicted octanol–water partition coefficient (Wildman–Crippen LogP) is 3.21. The molecular formula is C17H31NO6. The van der Waals surface area contributed by atoms with E-state index in [1.165, 1.54) is 0 Å². The van der Waals surface area contributed by atoms with Gasteiger partial charge in [0.05, 0.1) is 13.2 Å². The second-order valence-electron chi connectivity index (χ2n) is 5.77. The predicted molar refractivity (Wildman–Crippen MR) is 89.8 cm³/mol. The number of nitrogens with zero attached hydrogens (tertiary/aromatic N) is 1. The molecule has 0 aliphatic rings. The van der Waals surface area contributed by atoms with Gasteiger partial charge in [-0.2, -0.15) is 0 Å². The van der Waals surface area contributed by atoms with Crippen LogP contribution in [-0.2, 0) is 19.1 Å². The van der Waals surface area contributed by atoms with Crippen LogP contribution in [0.2, 0.25) is 0 Å². The summed E-state index contributed by atoms with van der Waals surface area (Å²) in [6.45, 7) is 3.39. The molecule has 0 aliphatic carbocycles. The topological polar surface area (TPSA) is 93.1 Å². The number of carboxylic acids is 1. The van der Waals surface area contributed by atoms with Gasteiger partial charge in [-0.3, -0.25) is 9.59 Å². The molecule has 0 atom stereocenters. The summed E-state index contributed by atoms with van der Waals surface area (Å²) in [4.78, 5) is 34.8. The molecule has 0 saturated heterocycles. The monoisotopic (exact) mass is 345 g/mol. The van der Waals surface area contributed by atoms with Crippen LogP contribution in [0.3, 0.4) is 0 Å². The molecule has 140 valence electrons. The summed E-state index contributed by atoms with van der Waals surface area (Å²) < 4.78 is 10.2. The first kappa shape index (κ1) is 22.2. The molecule has 7 heteroatoms. The Hall–Kier alpha value is -1.79. The van der Waals surface area contributed by atoms with E-state index in [1.807, 2.05) is 6.92 Å². The lowest BCUT2D eigenvalue weighted by Gasteiger charge is -2.15. The van der Waals surface area contributed by atoms with Crippen molar-refractivity contribution in [3.63, 3.8) is 0 Å². The fraction of sp³-hybridized carbons (Fsp3) is 0.824. The van der Waals surface area contributed by atoms with Crippen molar-refractivity contribution in [2.75, 3.05) is 26.8 Å². The average molecular weight is 345 g/mol. The number of unbranched alkanes of at least 4 members (excludes halogenated alkanes) is 4. The van der Waals surface area contributed by atoms with Gasteiger partial charge in [-0.15, -0.1) is 0 Å². The molecule has 0 aliphatic heterocycles. The molecule has 0 saturated carbocycles. The highest BCUT2D eigenvalue weighted by Gasteiger charge is 2.08. The molecule has 0 aromatic carbocycles. The van der Waals surface area contributed by atoms with Crippen LogP contribution in [0, 0.1) is 0 Å². The largest absolute Gasteiger partial charge is 0.481 e. The highest BCUT2D eigenvalue weighted by atomic mass is 16.6. The number of carboxylic acid groups (broad SMARTS) is 1. The van der Waals surface area contributed by atoms with Crippen molar-refractivity contribution >= 4 is 18.0 Å². The summed E-state index contributed by atoms with van der Waals surface area (Å²) in [6.07, 6.45) is 5.40. The van der Waals surface area contributed by atoms with E-state index in [-0.39, 0.29) is 18.5 Å². The Morgan fingerprint density at radius 3 is 2.04 bits per heavy atom. The van der Waals surface area contributed by atoms with E-state index in [9.17, 15) is 14.4 Å². The smallest absolute Gasteiger partial charge is 0.409 e. The van der Waals surface area contributed by atoms with Gasteiger partial charge in [-0.1, -0.05) is 6.92 Å². The maximum absolute atomic E-state index is 11.5. The molecule has 0 radical (unpaired) electrons. The lowest BCUT2D eigenvalue weighted by atomic mass is 10.2. The maximum Gasteiger partial charge on any atom is 0.409 e. The van der Waals surface area contributed by atoms with Gasteiger partial charge in [-0.05, 0) is 44.9 Å². The van der Waals surface area contributed by atoms with Crippen molar-refractivity contribution < 1.29 is 29.0 Å². The molecule has 0 unspecified atom stereocenters. The fourth-order valence-corrected chi connectivity index (χ4v) is 2.06. The van der Waals surface area contributed by atoms with Crippen LogP contribution in [0.25, 0.3) is 0 Å². The van der Waals surface area contributed by atoms with Gasteiger partial charge in [0.15, 0.2) is 0 Å². The number of carbonyl (C=O) groups excluding carboxylic acids is 2. The molecule has 0 rings (SSSR count). The van der Waals surface area contributed by atoms with E-state index in [2.05, 4.69) is 0 Å². The molecule has 0 spiro atoms. The molecule has 0 aromatic rings. The second kappa shape index (κ2) is 14.8. The SMILES string of the molecule is CCCN(C)C(=O)OCCCCCC(=O)OCCCCCC(=O)O. The first-order valence-electron chi connectivity index (χ1n) is 8.72. The Kier molecular flexibility index (Phi) is 13.7.